The number of aliphatic hydroxyl groups excluding tert-OH is 1. The Hall–Kier alpha value is -1.95. The number of aromatic nitrogens is 2. The Labute approximate surface area is 154 Å². The predicted molar refractivity (Wildman–Crippen MR) is 89.6 cm³/mol. The van der Waals surface area contributed by atoms with E-state index in [4.69, 9.17) is 28.8 Å². The van der Waals surface area contributed by atoms with E-state index in [2.05, 4.69) is 4.98 Å². The smallest absolute Gasteiger partial charge is 0.328 e. The van der Waals surface area contributed by atoms with Gasteiger partial charge in [0.15, 0.2) is 19.1 Å². The van der Waals surface area contributed by atoms with Crippen molar-refractivity contribution >= 4 is 24.5 Å². The van der Waals surface area contributed by atoms with Crippen LogP contribution in [0.25, 0.3) is 0 Å². The fraction of sp³-hybridized carbons (Fsp3) is 0.600. The summed E-state index contributed by atoms with van der Waals surface area (Å²) in [6, 6.07) is -0.979. The largest absolute Gasteiger partial charge is 0.458 e. The molecule has 11 heteroatoms. The summed E-state index contributed by atoms with van der Waals surface area (Å²) in [4.78, 5) is 37.0. The summed E-state index contributed by atoms with van der Waals surface area (Å²) in [6.45, 7) is 2.43. The highest BCUT2D eigenvalue weighted by Crippen LogP contribution is 2.37. The maximum atomic E-state index is 14.9. The van der Waals surface area contributed by atoms with Gasteiger partial charge < -0.3 is 20.3 Å². The number of esters is 1. The lowest BCUT2D eigenvalue weighted by molar-refractivity contribution is -0.196. The number of aromatic amines is 1. The van der Waals surface area contributed by atoms with Crippen LogP contribution in [-0.2, 0) is 14.3 Å². The van der Waals surface area contributed by atoms with Crippen LogP contribution >= 0.6 is 12.2 Å². The first kappa shape index (κ1) is 18.8. The zero-order chi connectivity index (χ0) is 20.6. The topological polar surface area (TPSA) is 137 Å². The lowest BCUT2D eigenvalue weighted by atomic mass is 10.1. The number of rotatable bonds is 6. The molecule has 144 valence electrons. The summed E-state index contributed by atoms with van der Waals surface area (Å²) in [5.74, 6) is -3.85. The second-order valence-electron chi connectivity index (χ2n) is 6.25. The number of carbonyl (C=O) groups excluding carboxylic acids is 2. The van der Waals surface area contributed by atoms with Crippen molar-refractivity contribution in [2.24, 2.45) is 11.7 Å². The molecule has 1 aromatic rings. The minimum Gasteiger partial charge on any atom is -0.458 e. The number of hydrogen-bond acceptors (Lipinski definition) is 8. The van der Waals surface area contributed by atoms with E-state index in [0.29, 0.717) is 10.9 Å². The second kappa shape index (κ2) is 7.74. The highest BCUT2D eigenvalue weighted by atomic mass is 32.1. The Morgan fingerprint density at radius 2 is 2.42 bits per heavy atom. The van der Waals surface area contributed by atoms with Crippen molar-refractivity contribution in [2.75, 3.05) is 6.61 Å². The van der Waals surface area contributed by atoms with Gasteiger partial charge in [0.2, 0.25) is 5.85 Å². The Morgan fingerprint density at radius 1 is 1.77 bits per heavy atom. The molecule has 1 fully saturated rings. The minimum absolute atomic E-state index is 0.155. The first-order chi connectivity index (χ1) is 12.4. The van der Waals surface area contributed by atoms with Gasteiger partial charge >= 0.3 is 11.7 Å². The van der Waals surface area contributed by atoms with Gasteiger partial charge in [-0.2, -0.15) is 0 Å². The van der Waals surface area contributed by atoms with Crippen LogP contribution in [0.3, 0.4) is 0 Å². The van der Waals surface area contributed by atoms with E-state index in [1.54, 1.807) is 13.8 Å². The summed E-state index contributed by atoms with van der Waals surface area (Å²) in [5.41, 5.74) is 4.47. The molecular weight excluding hydrogens is 369 g/mol. The van der Waals surface area contributed by atoms with Gasteiger partial charge in [0.1, 0.15) is 16.8 Å². The number of hydrogen-bond donors (Lipinski definition) is 3. The molecule has 2 rings (SSSR count). The van der Waals surface area contributed by atoms with Crippen LogP contribution in [0, 0.1) is 10.6 Å². The molecule has 0 bridgehead atoms. The molecule has 2 heterocycles. The van der Waals surface area contributed by atoms with Crippen molar-refractivity contribution in [2.45, 2.75) is 44.5 Å². The third-order valence-corrected chi connectivity index (χ3v) is 4.16. The number of nitrogens with zero attached hydrogens (tertiary/aromatic N) is 1. The zero-order valence-electron chi connectivity index (χ0n) is 15.1. The maximum Gasteiger partial charge on any atom is 0.328 e. The van der Waals surface area contributed by atoms with Crippen molar-refractivity contribution in [3.8, 4) is 0 Å². The number of ether oxygens (including phenoxy) is 2. The molecule has 4 atom stereocenters. The lowest BCUT2D eigenvalue weighted by Gasteiger charge is -2.22. The number of aldehydes is 1. The molecule has 0 spiro atoms. The monoisotopic (exact) mass is 390 g/mol. The summed E-state index contributed by atoms with van der Waals surface area (Å²) in [7, 11) is 0. The Morgan fingerprint density at radius 3 is 3.00 bits per heavy atom. The maximum absolute atomic E-state index is 14.9. The average molecular weight is 390 g/mol. The van der Waals surface area contributed by atoms with Gasteiger partial charge in [-0.3, -0.25) is 19.1 Å². The molecule has 1 aliphatic rings. The molecule has 0 radical (unpaired) electrons. The third-order valence-electron chi connectivity index (χ3n) is 3.83. The summed E-state index contributed by atoms with van der Waals surface area (Å²) < 4.78 is 33.3. The second-order valence-corrected chi connectivity index (χ2v) is 6.66. The van der Waals surface area contributed by atoms with Crippen LogP contribution < -0.4 is 11.4 Å². The number of nitrogens with one attached hydrogen (secondary N) is 1. The van der Waals surface area contributed by atoms with Gasteiger partial charge in [0.05, 0.1) is 6.93 Å². The van der Waals surface area contributed by atoms with Crippen molar-refractivity contribution in [3.63, 3.8) is 0 Å². The van der Waals surface area contributed by atoms with E-state index >= 15 is 0 Å². The van der Waals surface area contributed by atoms with E-state index in [9.17, 15) is 23.9 Å². The molecular formula is C15H20FN3O6S. The van der Waals surface area contributed by atoms with E-state index < -0.39 is 48.9 Å². The van der Waals surface area contributed by atoms with Crippen LogP contribution in [0.1, 0.15) is 38.2 Å². The molecule has 0 aromatic carbocycles. The van der Waals surface area contributed by atoms with E-state index in [1.165, 1.54) is 0 Å². The molecule has 26 heavy (non-hydrogen) atoms. The average Bonchev–Trinajstić information content (AvgIpc) is 2.82. The zero-order valence-corrected chi connectivity index (χ0v) is 14.9. The Balaban J connectivity index is 2.26. The molecule has 4 N–H and O–H groups in total. The molecule has 0 aliphatic carbocycles. The Bertz CT molecular complexity index is 861. The van der Waals surface area contributed by atoms with Crippen LogP contribution in [0.5, 0.6) is 0 Å². The molecule has 0 unspecified atom stereocenters. The summed E-state index contributed by atoms with van der Waals surface area (Å²) in [6.07, 6.45) is -3.94. The number of aliphatic hydroxyl groups is 1. The summed E-state index contributed by atoms with van der Waals surface area (Å²) in [5, 5.41) is 10.2. The lowest BCUT2D eigenvalue weighted by Crippen LogP contribution is -2.40. The number of halogens is 1. The van der Waals surface area contributed by atoms with Gasteiger partial charge in [0, 0.05) is 12.6 Å². The molecule has 1 aliphatic heterocycles. The van der Waals surface area contributed by atoms with Crippen LogP contribution in [0.4, 0.5) is 4.39 Å². The SMILES string of the molecule is [2H][C@@]1(n2cc(C=O)c(=S)[nH]c2=O)O[C@](F)(COC(=O)[C@@H](N)C(C)C)C[C@H]1O. The quantitative estimate of drug-likeness (QED) is 0.356. The first-order valence-electron chi connectivity index (χ1n) is 8.24. The van der Waals surface area contributed by atoms with Gasteiger partial charge in [-0.25, -0.2) is 9.18 Å². The third kappa shape index (κ3) is 4.23. The van der Waals surface area contributed by atoms with Crippen LogP contribution in [-0.4, -0.2) is 51.5 Å². The number of alkyl halides is 1. The highest BCUT2D eigenvalue weighted by molar-refractivity contribution is 7.71. The predicted octanol–water partition coefficient (Wildman–Crippen LogP) is 0.190. The highest BCUT2D eigenvalue weighted by Gasteiger charge is 2.49. The van der Waals surface area contributed by atoms with Crippen molar-refractivity contribution < 1.29 is 29.9 Å². The summed E-state index contributed by atoms with van der Waals surface area (Å²) >= 11 is 4.79. The molecule has 1 saturated heterocycles. The first-order valence-corrected chi connectivity index (χ1v) is 8.15. The number of H-pyrrole nitrogens is 1. The van der Waals surface area contributed by atoms with E-state index in [-0.39, 0.29) is 16.1 Å². The van der Waals surface area contributed by atoms with Gasteiger partial charge in [-0.1, -0.05) is 26.1 Å². The fourth-order valence-corrected chi connectivity index (χ4v) is 2.44. The molecule has 1 aromatic heterocycles. The molecule has 0 saturated carbocycles. The van der Waals surface area contributed by atoms with E-state index in [1.807, 2.05) is 0 Å². The van der Waals surface area contributed by atoms with Crippen LogP contribution in [0.15, 0.2) is 11.0 Å². The van der Waals surface area contributed by atoms with Crippen molar-refractivity contribution in [3.05, 3.63) is 26.9 Å². The Kier molecular flexibility index (Phi) is 5.61. The standard InChI is InChI=1S/C15H20FN3O6S/c1-7(2)10(17)13(22)24-6-15(16)3-9(21)12(25-15)19-4-8(5-20)11(26)18-14(19)23/h4-5,7,9-10,12,21H,3,6,17H2,1-2H3,(H,18,23,26)/t9-,10+,12-,15+/m1/s1/i12D. The minimum atomic E-state index is -2.74. The van der Waals surface area contributed by atoms with Gasteiger partial charge in [0.25, 0.3) is 0 Å². The normalized spacial score (nSPS) is 30.1. The number of nitrogens with two attached hydrogens (primary N) is 1. The number of carbonyl (C=O) groups is 2. The fourth-order valence-electron chi connectivity index (χ4n) is 2.25. The van der Waals surface area contributed by atoms with Crippen LogP contribution in [0.2, 0.25) is 0 Å². The van der Waals surface area contributed by atoms with Gasteiger partial charge in [-0.15, -0.1) is 0 Å². The molecule has 9 nitrogen and oxygen atoms in total. The van der Waals surface area contributed by atoms with Crippen molar-refractivity contribution in [1.82, 2.24) is 9.55 Å². The van der Waals surface area contributed by atoms with E-state index in [0.717, 1.165) is 6.20 Å². The van der Waals surface area contributed by atoms with Crippen molar-refractivity contribution in [1.29, 1.82) is 0 Å². The van der Waals surface area contributed by atoms with Gasteiger partial charge in [-0.05, 0) is 5.92 Å². The molecule has 0 amide bonds.